The van der Waals surface area contributed by atoms with Crippen LogP contribution in [0, 0.1) is 3.57 Å². The first-order chi connectivity index (χ1) is 13.5. The van der Waals surface area contributed by atoms with Crippen molar-refractivity contribution >= 4 is 46.1 Å². The number of carbonyl (C=O) groups is 1. The Bertz CT molecular complexity index is 886. The van der Waals surface area contributed by atoms with E-state index in [1.165, 1.54) is 11.8 Å². The van der Waals surface area contributed by atoms with Crippen molar-refractivity contribution in [1.29, 1.82) is 0 Å². The maximum atomic E-state index is 11.6. The maximum absolute atomic E-state index is 11.6. The van der Waals surface area contributed by atoms with Crippen molar-refractivity contribution in [2.75, 3.05) is 12.3 Å². The fraction of sp³-hybridized carbons (Fsp3) is 0.333. The van der Waals surface area contributed by atoms with Crippen molar-refractivity contribution in [3.8, 4) is 0 Å². The number of thioether (sulfide) groups is 1. The Hall–Kier alpha value is -1.92. The number of amides is 1. The number of anilines is 1. The number of carbonyl (C=O) groups excluding carboxylic acids is 1. The van der Waals surface area contributed by atoms with Gasteiger partial charge in [-0.1, -0.05) is 24.6 Å². The highest BCUT2D eigenvalue weighted by Gasteiger charge is 2.27. The van der Waals surface area contributed by atoms with Crippen molar-refractivity contribution in [2.45, 2.75) is 37.3 Å². The summed E-state index contributed by atoms with van der Waals surface area (Å²) in [6.07, 6.45) is 3.79. The zero-order valence-electron chi connectivity index (χ0n) is 15.1. The van der Waals surface area contributed by atoms with Gasteiger partial charge in [0.2, 0.25) is 5.09 Å². The molecule has 1 unspecified atom stereocenters. The van der Waals surface area contributed by atoms with Crippen LogP contribution in [0.5, 0.6) is 0 Å². The molecule has 1 atom stereocenters. The van der Waals surface area contributed by atoms with Gasteiger partial charge in [-0.15, -0.1) is 0 Å². The van der Waals surface area contributed by atoms with Crippen LogP contribution in [0.3, 0.4) is 0 Å². The third-order valence-electron chi connectivity index (χ3n) is 4.15. The van der Waals surface area contributed by atoms with Crippen LogP contribution in [-0.4, -0.2) is 22.0 Å². The molecule has 0 fully saturated rings. The van der Waals surface area contributed by atoms with Gasteiger partial charge in [-0.25, -0.2) is 4.98 Å². The summed E-state index contributed by atoms with van der Waals surface area (Å²) in [6.45, 7) is 1.26. The summed E-state index contributed by atoms with van der Waals surface area (Å²) in [6, 6.07) is 7.83. The van der Waals surface area contributed by atoms with Gasteiger partial charge >= 0.3 is 0 Å². The van der Waals surface area contributed by atoms with Crippen LogP contribution >= 0.6 is 34.4 Å². The maximum Gasteiger partial charge on any atom is 0.271 e. The molecule has 10 heteroatoms. The molecule has 0 saturated heterocycles. The number of hydrogen-bond acceptors (Lipinski definition) is 7. The highest BCUT2D eigenvalue weighted by Crippen LogP contribution is 2.39. The van der Waals surface area contributed by atoms with Crippen molar-refractivity contribution < 1.29 is 14.3 Å². The number of imidazole rings is 1. The number of nitrogens with zero attached hydrogens (tertiary/aromatic N) is 2. The number of hydrogen-bond donors (Lipinski definition) is 3. The van der Waals surface area contributed by atoms with Gasteiger partial charge in [0.05, 0.1) is 0 Å². The molecule has 3 rings (SSSR count). The summed E-state index contributed by atoms with van der Waals surface area (Å²) in [4.78, 5) is 16.0. The third-order valence-corrected chi connectivity index (χ3v) is 6.02. The number of aromatic nitrogens is 2. The van der Waals surface area contributed by atoms with Gasteiger partial charge in [0, 0.05) is 15.7 Å². The summed E-state index contributed by atoms with van der Waals surface area (Å²) in [5, 5.41) is 1.08. The fourth-order valence-electron chi connectivity index (χ4n) is 2.73. The van der Waals surface area contributed by atoms with Crippen LogP contribution in [0.4, 0.5) is 5.82 Å². The number of rotatable bonds is 9. The number of nitrogen functional groups attached to an aromatic ring is 1. The minimum absolute atomic E-state index is 0.0648. The topological polar surface area (TPSA) is 131 Å². The number of benzene rings is 1. The molecule has 6 N–H and O–H groups in total. The van der Waals surface area contributed by atoms with Gasteiger partial charge in [-0.05, 0) is 59.8 Å². The number of nitrogens with two attached hydrogens (primary N) is 3. The molecule has 2 heterocycles. The second-order valence-electron chi connectivity index (χ2n) is 6.14. The smallest absolute Gasteiger partial charge is 0.271 e. The molecule has 150 valence electrons. The lowest BCUT2D eigenvalue weighted by molar-refractivity contribution is -0.0279. The molecule has 1 aliphatic heterocycles. The first kappa shape index (κ1) is 20.8. The molecule has 28 heavy (non-hydrogen) atoms. The van der Waals surface area contributed by atoms with E-state index in [9.17, 15) is 4.79 Å². The average Bonchev–Trinajstić information content (AvgIpc) is 3.25. The number of primary amides is 1. The monoisotopic (exact) mass is 515 g/mol. The summed E-state index contributed by atoms with van der Waals surface area (Å²) in [7, 11) is 0. The largest absolute Gasteiger partial charge is 0.454 e. The summed E-state index contributed by atoms with van der Waals surface area (Å²) < 4.78 is 14.4. The van der Waals surface area contributed by atoms with Crippen LogP contribution in [0.1, 0.15) is 41.6 Å². The molecule has 0 saturated carbocycles. The van der Waals surface area contributed by atoms with Crippen molar-refractivity contribution in [2.24, 2.45) is 11.5 Å². The molecule has 0 bridgehead atoms. The SMILES string of the molecule is NCCCCCn1c(SC2=COC(c3ccccc3I)O2)nc(C(N)=O)c1N. The molecule has 0 aliphatic carbocycles. The van der Waals surface area contributed by atoms with E-state index >= 15 is 0 Å². The average molecular weight is 515 g/mol. The van der Waals surface area contributed by atoms with Crippen LogP contribution in [-0.2, 0) is 16.0 Å². The van der Waals surface area contributed by atoms with Crippen molar-refractivity contribution in [3.05, 3.63) is 50.4 Å². The Morgan fingerprint density at radius 3 is 2.79 bits per heavy atom. The number of ether oxygens (including phenoxy) is 2. The van der Waals surface area contributed by atoms with E-state index in [-0.39, 0.29) is 11.5 Å². The lowest BCUT2D eigenvalue weighted by atomic mass is 10.2. The first-order valence-corrected chi connectivity index (χ1v) is 10.7. The molecular formula is C18H22IN5O3S. The summed E-state index contributed by atoms with van der Waals surface area (Å²) in [5.41, 5.74) is 18.1. The Kier molecular flexibility index (Phi) is 7.08. The lowest BCUT2D eigenvalue weighted by Crippen LogP contribution is -2.14. The third kappa shape index (κ3) is 4.73. The summed E-state index contributed by atoms with van der Waals surface area (Å²) in [5.74, 6) is -0.397. The van der Waals surface area contributed by atoms with E-state index < -0.39 is 12.2 Å². The van der Waals surface area contributed by atoms with Gasteiger partial charge in [0.15, 0.2) is 10.9 Å². The molecule has 1 aliphatic rings. The predicted octanol–water partition coefficient (Wildman–Crippen LogP) is 2.93. The van der Waals surface area contributed by atoms with Crippen LogP contribution in [0.15, 0.2) is 40.8 Å². The second kappa shape index (κ2) is 9.52. The first-order valence-electron chi connectivity index (χ1n) is 8.81. The molecule has 1 amide bonds. The zero-order chi connectivity index (χ0) is 20.1. The van der Waals surface area contributed by atoms with Crippen LogP contribution in [0.25, 0.3) is 0 Å². The van der Waals surface area contributed by atoms with Crippen molar-refractivity contribution in [3.63, 3.8) is 0 Å². The van der Waals surface area contributed by atoms with Gasteiger partial charge in [-0.2, -0.15) is 0 Å². The van der Waals surface area contributed by atoms with Crippen molar-refractivity contribution in [1.82, 2.24) is 9.55 Å². The molecule has 0 spiro atoms. The van der Waals surface area contributed by atoms with E-state index in [1.807, 2.05) is 24.3 Å². The van der Waals surface area contributed by atoms with Gasteiger partial charge < -0.3 is 31.2 Å². The zero-order valence-corrected chi connectivity index (χ0v) is 18.1. The Morgan fingerprint density at radius 1 is 1.29 bits per heavy atom. The number of halogens is 1. The van der Waals surface area contributed by atoms with E-state index in [4.69, 9.17) is 26.7 Å². The van der Waals surface area contributed by atoms with E-state index in [0.717, 1.165) is 28.4 Å². The predicted molar refractivity (Wildman–Crippen MR) is 116 cm³/mol. The molecule has 1 aromatic heterocycles. The molecule has 1 aromatic carbocycles. The summed E-state index contributed by atoms with van der Waals surface area (Å²) >= 11 is 3.49. The Balaban J connectivity index is 1.73. The molecule has 2 aromatic rings. The fourth-order valence-corrected chi connectivity index (χ4v) is 4.23. The van der Waals surface area contributed by atoms with E-state index in [2.05, 4.69) is 27.6 Å². The molecule has 8 nitrogen and oxygen atoms in total. The quantitative estimate of drug-likeness (QED) is 0.346. The standard InChI is InChI=1S/C18H22IN5O3S/c19-12-7-3-2-6-11(12)17-26-10-13(27-17)28-18-23-14(16(22)25)15(21)24(18)9-5-1-4-8-20/h2-3,6-7,10,17H,1,4-5,8-9,20-21H2,(H2,22,25). The van der Waals surface area contributed by atoms with Gasteiger partial charge in [-0.3, -0.25) is 4.79 Å². The molecular weight excluding hydrogens is 493 g/mol. The normalized spacial score (nSPS) is 15.8. The number of unbranched alkanes of at least 4 members (excludes halogenated alkanes) is 2. The highest BCUT2D eigenvalue weighted by atomic mass is 127. The Labute approximate surface area is 181 Å². The second-order valence-corrected chi connectivity index (χ2v) is 8.27. The Morgan fingerprint density at radius 2 is 2.07 bits per heavy atom. The lowest BCUT2D eigenvalue weighted by Gasteiger charge is -2.13. The van der Waals surface area contributed by atoms with Crippen LogP contribution in [0.2, 0.25) is 0 Å². The minimum atomic E-state index is -0.658. The van der Waals surface area contributed by atoms with Gasteiger partial charge in [0.25, 0.3) is 12.2 Å². The minimum Gasteiger partial charge on any atom is -0.454 e. The van der Waals surface area contributed by atoms with E-state index in [0.29, 0.717) is 23.3 Å². The molecule has 0 radical (unpaired) electrons. The highest BCUT2D eigenvalue weighted by molar-refractivity contribution is 14.1. The van der Waals surface area contributed by atoms with Crippen LogP contribution < -0.4 is 17.2 Å². The van der Waals surface area contributed by atoms with Gasteiger partial charge in [0.1, 0.15) is 12.1 Å². The van der Waals surface area contributed by atoms with E-state index in [1.54, 1.807) is 10.8 Å².